The summed E-state index contributed by atoms with van der Waals surface area (Å²) < 4.78 is 10.9. The van der Waals surface area contributed by atoms with E-state index >= 15 is 0 Å². The number of ether oxygens (including phenoxy) is 2. The fourth-order valence-electron chi connectivity index (χ4n) is 2.09. The fourth-order valence-corrected chi connectivity index (χ4v) is 2.20. The third-order valence-electron chi connectivity index (χ3n) is 3.16. The number of benzene rings is 2. The minimum atomic E-state index is 0.440. The van der Waals surface area contributed by atoms with Gasteiger partial charge in [0.1, 0.15) is 23.8 Å². The van der Waals surface area contributed by atoms with Gasteiger partial charge in [-0.3, -0.25) is 0 Å². The Hall–Kier alpha value is -2.49. The van der Waals surface area contributed by atoms with Crippen molar-refractivity contribution in [3.8, 4) is 11.5 Å². The number of rotatable bonds is 3. The maximum Gasteiger partial charge on any atom is 0.145 e. The van der Waals surface area contributed by atoms with E-state index in [0.29, 0.717) is 12.3 Å². The molecule has 0 radical (unpaired) electrons. The Morgan fingerprint density at radius 1 is 1.24 bits per heavy atom. The van der Waals surface area contributed by atoms with Gasteiger partial charge >= 0.3 is 0 Å². The number of nitrogens with zero attached hydrogens (tertiary/aromatic N) is 2. The summed E-state index contributed by atoms with van der Waals surface area (Å²) in [6.45, 7) is 0.440. The van der Waals surface area contributed by atoms with Crippen LogP contribution in [0.1, 0.15) is 5.56 Å². The zero-order valence-corrected chi connectivity index (χ0v) is 12.2. The molecule has 0 atom stereocenters. The normalized spacial score (nSPS) is 12.5. The lowest BCUT2D eigenvalue weighted by Crippen LogP contribution is -2.16. The number of aliphatic imine (C=N–C) groups is 2. The van der Waals surface area contributed by atoms with Crippen LogP contribution in [0.4, 0.5) is 11.4 Å². The Kier molecular flexibility index (Phi) is 3.77. The summed E-state index contributed by atoms with van der Waals surface area (Å²) in [7, 11) is 1.64. The first-order chi connectivity index (χ1) is 10.3. The van der Waals surface area contributed by atoms with Crippen molar-refractivity contribution in [2.24, 2.45) is 9.98 Å². The molecule has 0 aliphatic carbocycles. The number of isothiocyanates is 1. The summed E-state index contributed by atoms with van der Waals surface area (Å²) in [5.74, 6) is 1.56. The van der Waals surface area contributed by atoms with Gasteiger partial charge in [0.15, 0.2) is 0 Å². The summed E-state index contributed by atoms with van der Waals surface area (Å²) in [6, 6.07) is 13.2. The second-order valence-electron chi connectivity index (χ2n) is 4.43. The number of hydrogen-bond donors (Lipinski definition) is 0. The zero-order valence-electron chi connectivity index (χ0n) is 11.4. The van der Waals surface area contributed by atoms with Gasteiger partial charge < -0.3 is 9.47 Å². The maximum atomic E-state index is 5.73. The van der Waals surface area contributed by atoms with Gasteiger partial charge in [-0.15, -0.1) is 0 Å². The van der Waals surface area contributed by atoms with Gasteiger partial charge in [0, 0.05) is 0 Å². The molecule has 0 bridgehead atoms. The summed E-state index contributed by atoms with van der Waals surface area (Å²) >= 11 is 4.62. The van der Waals surface area contributed by atoms with Crippen LogP contribution in [-0.2, 0) is 0 Å². The van der Waals surface area contributed by atoms with Crippen molar-refractivity contribution >= 4 is 34.5 Å². The molecule has 1 aliphatic rings. The lowest BCUT2D eigenvalue weighted by molar-refractivity contribution is 0.373. The van der Waals surface area contributed by atoms with E-state index < -0.39 is 0 Å². The summed E-state index contributed by atoms with van der Waals surface area (Å²) in [5.41, 5.74) is 3.34. The number of methoxy groups -OCH3 is 1. The average molecular weight is 296 g/mol. The van der Waals surface area contributed by atoms with Crippen LogP contribution < -0.4 is 9.47 Å². The molecule has 0 amide bonds. The van der Waals surface area contributed by atoms with Crippen molar-refractivity contribution in [3.05, 3.63) is 48.0 Å². The molecule has 2 aromatic rings. The van der Waals surface area contributed by atoms with E-state index in [1.807, 2.05) is 42.5 Å². The second-order valence-corrected chi connectivity index (χ2v) is 4.61. The average Bonchev–Trinajstić information content (AvgIpc) is 2.54. The summed E-state index contributed by atoms with van der Waals surface area (Å²) in [5, 5.41) is 2.35. The lowest BCUT2D eigenvalue weighted by atomic mass is 10.1. The largest absolute Gasteiger partial charge is 0.497 e. The standard InChI is InChI=1S/C16H12N2O2S/c1-19-13-5-2-11(3-6-13)15-9-20-16-7-4-12(17-10-21)8-14(16)18-15/h2-8H,9H2,1H3. The third-order valence-corrected chi connectivity index (χ3v) is 3.25. The summed E-state index contributed by atoms with van der Waals surface area (Å²) in [4.78, 5) is 8.60. The van der Waals surface area contributed by atoms with Crippen LogP contribution in [0.15, 0.2) is 52.4 Å². The molecule has 1 aliphatic heterocycles. The quantitative estimate of drug-likeness (QED) is 0.636. The molecule has 2 aromatic carbocycles. The van der Waals surface area contributed by atoms with Crippen molar-refractivity contribution in [2.75, 3.05) is 13.7 Å². The van der Waals surface area contributed by atoms with E-state index in [-0.39, 0.29) is 0 Å². The molecule has 0 N–H and O–H groups in total. The molecule has 4 nitrogen and oxygen atoms in total. The van der Waals surface area contributed by atoms with Crippen molar-refractivity contribution in [2.45, 2.75) is 0 Å². The van der Waals surface area contributed by atoms with E-state index in [1.165, 1.54) is 0 Å². The Morgan fingerprint density at radius 3 is 2.76 bits per heavy atom. The smallest absolute Gasteiger partial charge is 0.145 e. The highest BCUT2D eigenvalue weighted by molar-refractivity contribution is 7.78. The van der Waals surface area contributed by atoms with Crippen molar-refractivity contribution in [3.63, 3.8) is 0 Å². The van der Waals surface area contributed by atoms with Gasteiger partial charge in [0.25, 0.3) is 0 Å². The van der Waals surface area contributed by atoms with Crippen LogP contribution >= 0.6 is 12.2 Å². The molecule has 1 heterocycles. The Balaban J connectivity index is 1.97. The number of fused-ring (bicyclic) bond motifs is 1. The van der Waals surface area contributed by atoms with E-state index in [9.17, 15) is 0 Å². The van der Waals surface area contributed by atoms with Crippen molar-refractivity contribution in [1.29, 1.82) is 0 Å². The highest BCUT2D eigenvalue weighted by Gasteiger charge is 2.15. The second kappa shape index (κ2) is 5.87. The van der Waals surface area contributed by atoms with Crippen LogP contribution in [0.25, 0.3) is 0 Å². The van der Waals surface area contributed by atoms with Gasteiger partial charge in [-0.1, -0.05) is 0 Å². The van der Waals surface area contributed by atoms with E-state index in [2.05, 4.69) is 27.4 Å². The first-order valence-electron chi connectivity index (χ1n) is 6.37. The number of thiocarbonyl (C=S) groups is 1. The van der Waals surface area contributed by atoms with Crippen LogP contribution in [0, 0.1) is 0 Å². The minimum Gasteiger partial charge on any atom is -0.497 e. The van der Waals surface area contributed by atoms with Crippen LogP contribution in [0.5, 0.6) is 11.5 Å². The zero-order chi connectivity index (χ0) is 14.7. The molecule has 0 fully saturated rings. The predicted octanol–water partition coefficient (Wildman–Crippen LogP) is 3.94. The number of hydrogen-bond acceptors (Lipinski definition) is 5. The SMILES string of the molecule is COc1ccc(C2=Nc3cc(N=C=S)ccc3OC2)cc1. The molecular weight excluding hydrogens is 284 g/mol. The van der Waals surface area contributed by atoms with Gasteiger partial charge in [0.05, 0.1) is 23.7 Å². The maximum absolute atomic E-state index is 5.73. The summed E-state index contributed by atoms with van der Waals surface area (Å²) in [6.07, 6.45) is 0. The molecule has 0 spiro atoms. The monoisotopic (exact) mass is 296 g/mol. The van der Waals surface area contributed by atoms with Gasteiger partial charge in [-0.05, 0) is 60.2 Å². The molecular formula is C16H12N2O2S. The third kappa shape index (κ3) is 2.84. The molecule has 0 saturated carbocycles. The minimum absolute atomic E-state index is 0.440. The highest BCUT2D eigenvalue weighted by atomic mass is 32.1. The van der Waals surface area contributed by atoms with Crippen LogP contribution in [-0.4, -0.2) is 24.6 Å². The topological polar surface area (TPSA) is 43.2 Å². The van der Waals surface area contributed by atoms with E-state index in [1.54, 1.807) is 7.11 Å². The van der Waals surface area contributed by atoms with Gasteiger partial charge in [0.2, 0.25) is 0 Å². The van der Waals surface area contributed by atoms with Crippen LogP contribution in [0.2, 0.25) is 0 Å². The molecule has 0 aromatic heterocycles. The molecule has 5 heteroatoms. The van der Waals surface area contributed by atoms with Gasteiger partial charge in [-0.2, -0.15) is 4.99 Å². The lowest BCUT2D eigenvalue weighted by Gasteiger charge is -2.17. The van der Waals surface area contributed by atoms with Crippen molar-refractivity contribution in [1.82, 2.24) is 0 Å². The fraction of sp³-hybridized carbons (Fsp3) is 0.125. The van der Waals surface area contributed by atoms with E-state index in [4.69, 9.17) is 9.47 Å². The molecule has 0 saturated heterocycles. The predicted molar refractivity (Wildman–Crippen MR) is 85.8 cm³/mol. The first-order valence-corrected chi connectivity index (χ1v) is 6.77. The molecule has 104 valence electrons. The molecule has 21 heavy (non-hydrogen) atoms. The Bertz CT molecular complexity index is 747. The van der Waals surface area contributed by atoms with Gasteiger partial charge in [-0.25, -0.2) is 4.99 Å². The molecule has 3 rings (SSSR count). The Labute approximate surface area is 127 Å². The highest BCUT2D eigenvalue weighted by Crippen LogP contribution is 2.35. The molecule has 0 unspecified atom stereocenters. The van der Waals surface area contributed by atoms with Crippen molar-refractivity contribution < 1.29 is 9.47 Å². The van der Waals surface area contributed by atoms with Crippen LogP contribution in [0.3, 0.4) is 0 Å². The Morgan fingerprint density at radius 2 is 2.05 bits per heavy atom. The van der Waals surface area contributed by atoms with E-state index in [0.717, 1.165) is 28.5 Å². The first kappa shape index (κ1) is 13.5.